The highest BCUT2D eigenvalue weighted by atomic mass is 16.6. The van der Waals surface area contributed by atoms with Crippen LogP contribution in [0.2, 0.25) is 0 Å². The molecule has 2 aliphatic heterocycles. The van der Waals surface area contributed by atoms with Crippen LogP contribution >= 0.6 is 0 Å². The van der Waals surface area contributed by atoms with Crippen molar-refractivity contribution >= 4 is 23.5 Å². The van der Waals surface area contributed by atoms with E-state index in [1.165, 1.54) is 14.0 Å². The van der Waals surface area contributed by atoms with Gasteiger partial charge in [-0.25, -0.2) is 0 Å². The fourth-order valence-corrected chi connectivity index (χ4v) is 5.79. The van der Waals surface area contributed by atoms with Gasteiger partial charge >= 0.3 is 11.9 Å². The second-order valence-electron chi connectivity index (χ2n) is 10.3. The first-order chi connectivity index (χ1) is 15.3. The van der Waals surface area contributed by atoms with Crippen molar-refractivity contribution in [2.45, 2.75) is 85.0 Å². The van der Waals surface area contributed by atoms with Gasteiger partial charge in [-0.05, 0) is 40.0 Å². The fraction of sp³-hybridized carbons (Fsp3) is 0.800. The van der Waals surface area contributed by atoms with Crippen LogP contribution < -0.4 is 0 Å². The maximum atomic E-state index is 13.5. The molecule has 184 valence electrons. The summed E-state index contributed by atoms with van der Waals surface area (Å²) < 4.78 is 17.1. The molecule has 2 rings (SSSR count). The quantitative estimate of drug-likeness (QED) is 0.452. The van der Waals surface area contributed by atoms with Crippen molar-refractivity contribution in [1.82, 2.24) is 0 Å². The van der Waals surface area contributed by atoms with E-state index in [9.17, 15) is 24.4 Å². The third kappa shape index (κ3) is 4.98. The number of carbonyl (C=O) groups excluding carboxylic acids is 4. The highest BCUT2D eigenvalue weighted by molar-refractivity contribution is 5.99. The number of esters is 2. The van der Waals surface area contributed by atoms with Crippen LogP contribution in [0.1, 0.15) is 67.7 Å². The summed E-state index contributed by atoms with van der Waals surface area (Å²) >= 11 is 0. The molecule has 0 saturated carbocycles. The number of ketones is 2. The van der Waals surface area contributed by atoms with Crippen molar-refractivity contribution in [2.24, 2.45) is 35.5 Å². The van der Waals surface area contributed by atoms with Crippen molar-refractivity contribution in [3.63, 3.8) is 0 Å². The van der Waals surface area contributed by atoms with Gasteiger partial charge < -0.3 is 14.2 Å². The number of hydrogen-bond donors (Lipinski definition) is 0. The minimum Gasteiger partial charge on any atom is -0.458 e. The summed E-state index contributed by atoms with van der Waals surface area (Å²) in [5, 5.41) is 9.73. The van der Waals surface area contributed by atoms with Crippen molar-refractivity contribution in [3.8, 4) is 6.07 Å². The Morgan fingerprint density at radius 2 is 1.55 bits per heavy atom. The molecule has 8 nitrogen and oxygen atoms in total. The summed E-state index contributed by atoms with van der Waals surface area (Å²) in [6.07, 6.45) is 0.0852. The summed E-state index contributed by atoms with van der Waals surface area (Å²) in [5.74, 6) is -6.45. The largest absolute Gasteiger partial charge is 0.458 e. The van der Waals surface area contributed by atoms with Gasteiger partial charge in [0.1, 0.15) is 23.6 Å². The van der Waals surface area contributed by atoms with Gasteiger partial charge in [-0.15, -0.1) is 0 Å². The van der Waals surface area contributed by atoms with E-state index < -0.39 is 64.8 Å². The van der Waals surface area contributed by atoms with Crippen molar-refractivity contribution in [1.29, 1.82) is 5.26 Å². The van der Waals surface area contributed by atoms with E-state index in [0.29, 0.717) is 19.3 Å². The summed E-state index contributed by atoms with van der Waals surface area (Å²) in [6.45, 7) is 12.0. The number of fused-ring (bicyclic) bond motifs is 1. The molecule has 33 heavy (non-hydrogen) atoms. The Bertz CT molecular complexity index is 848. The highest BCUT2D eigenvalue weighted by Gasteiger charge is 2.61. The molecule has 2 saturated heterocycles. The van der Waals surface area contributed by atoms with E-state index in [-0.39, 0.29) is 11.6 Å². The van der Waals surface area contributed by atoms with Crippen LogP contribution in [0.4, 0.5) is 0 Å². The average molecular weight is 464 g/mol. The molecule has 0 amide bonds. The van der Waals surface area contributed by atoms with Crippen LogP contribution in [0.15, 0.2) is 0 Å². The van der Waals surface area contributed by atoms with Crippen LogP contribution in [0.3, 0.4) is 0 Å². The first-order valence-electron chi connectivity index (χ1n) is 11.7. The molecule has 0 N–H and O–H groups in total. The monoisotopic (exact) mass is 463 g/mol. The predicted octanol–water partition coefficient (Wildman–Crippen LogP) is 3.26. The molecular formula is C25H37NO7. The van der Waals surface area contributed by atoms with Crippen molar-refractivity contribution in [3.05, 3.63) is 0 Å². The highest BCUT2D eigenvalue weighted by Crippen LogP contribution is 2.47. The Balaban J connectivity index is 2.62. The summed E-state index contributed by atoms with van der Waals surface area (Å²) in [4.78, 5) is 52.1. The lowest BCUT2D eigenvalue weighted by molar-refractivity contribution is -0.183. The number of cyclic esters (lactones) is 1. The molecule has 0 aromatic heterocycles. The average Bonchev–Trinajstić information content (AvgIpc) is 3.04. The Morgan fingerprint density at radius 1 is 1.00 bits per heavy atom. The normalized spacial score (nSPS) is 43.2. The van der Waals surface area contributed by atoms with E-state index >= 15 is 0 Å². The third-order valence-electron chi connectivity index (χ3n) is 7.71. The SMILES string of the molecule is CCC1OC(=O)C(C)C(=O)C(C)CC(C)(OC)CC(C)C(=O)C(C)C2C(C#N)C(=O)OC12C. The molecule has 0 aromatic carbocycles. The fourth-order valence-electron chi connectivity index (χ4n) is 5.79. The summed E-state index contributed by atoms with van der Waals surface area (Å²) in [7, 11) is 1.54. The number of nitriles is 1. The molecule has 2 fully saturated rings. The van der Waals surface area contributed by atoms with Crippen molar-refractivity contribution in [2.75, 3.05) is 7.11 Å². The van der Waals surface area contributed by atoms with E-state index in [4.69, 9.17) is 14.2 Å². The lowest BCUT2D eigenvalue weighted by atomic mass is 9.68. The smallest absolute Gasteiger partial charge is 0.324 e. The van der Waals surface area contributed by atoms with Gasteiger partial charge in [0.25, 0.3) is 0 Å². The first kappa shape index (κ1) is 27.0. The van der Waals surface area contributed by atoms with Gasteiger partial charge in [-0.3, -0.25) is 19.2 Å². The number of nitrogens with zero attached hydrogens (tertiary/aromatic N) is 1. The molecule has 0 spiro atoms. The van der Waals surface area contributed by atoms with Gasteiger partial charge in [0.2, 0.25) is 0 Å². The van der Waals surface area contributed by atoms with E-state index in [2.05, 4.69) is 0 Å². The zero-order valence-electron chi connectivity index (χ0n) is 21.0. The van der Waals surface area contributed by atoms with Crippen molar-refractivity contribution < 1.29 is 33.4 Å². The van der Waals surface area contributed by atoms with E-state index in [0.717, 1.165) is 0 Å². The van der Waals surface area contributed by atoms with Gasteiger partial charge in [-0.1, -0.05) is 27.7 Å². The molecule has 8 heteroatoms. The predicted molar refractivity (Wildman–Crippen MR) is 119 cm³/mol. The Kier molecular flexibility index (Phi) is 8.11. The summed E-state index contributed by atoms with van der Waals surface area (Å²) in [6, 6.07) is 2.00. The molecule has 0 bridgehead atoms. The third-order valence-corrected chi connectivity index (χ3v) is 7.71. The van der Waals surface area contributed by atoms with Crippen LogP contribution in [-0.4, -0.2) is 47.9 Å². The zero-order chi connectivity index (χ0) is 25.3. The van der Waals surface area contributed by atoms with Crippen LogP contribution in [0.5, 0.6) is 0 Å². The number of methoxy groups -OCH3 is 1. The number of rotatable bonds is 2. The minimum atomic E-state index is -1.38. The Labute approximate surface area is 196 Å². The van der Waals surface area contributed by atoms with E-state index in [1.54, 1.807) is 34.6 Å². The van der Waals surface area contributed by atoms with Gasteiger partial charge in [0.15, 0.2) is 11.5 Å². The second-order valence-corrected chi connectivity index (χ2v) is 10.3. The number of ether oxygens (including phenoxy) is 3. The van der Waals surface area contributed by atoms with Gasteiger partial charge in [0.05, 0.1) is 11.7 Å². The first-order valence-corrected chi connectivity index (χ1v) is 11.7. The van der Waals surface area contributed by atoms with Gasteiger partial charge in [-0.2, -0.15) is 5.26 Å². The number of hydrogen-bond acceptors (Lipinski definition) is 8. The van der Waals surface area contributed by atoms with Gasteiger partial charge in [0, 0.05) is 30.8 Å². The standard InChI is InChI=1S/C25H37NO7/c1-9-18-25(7)19(17(12-26)23(30)33-25)15(4)20(27)13(2)10-24(6,31-8)11-14(3)21(28)16(5)22(29)32-18/h13-19H,9-11H2,1-8H3. The topological polar surface area (TPSA) is 120 Å². The molecule has 2 heterocycles. The molecule has 0 aliphatic carbocycles. The second kappa shape index (κ2) is 9.92. The molecule has 0 radical (unpaired) electrons. The molecule has 0 aromatic rings. The van der Waals surface area contributed by atoms with Crippen LogP contribution in [0, 0.1) is 46.8 Å². The molecule has 9 unspecified atom stereocenters. The number of carbonyl (C=O) groups is 4. The minimum absolute atomic E-state index is 0.126. The van der Waals surface area contributed by atoms with Crippen LogP contribution in [-0.2, 0) is 33.4 Å². The molecule has 9 atom stereocenters. The lowest BCUT2D eigenvalue weighted by Gasteiger charge is -2.40. The maximum absolute atomic E-state index is 13.5. The van der Waals surface area contributed by atoms with E-state index in [1.807, 2.05) is 13.0 Å². The maximum Gasteiger partial charge on any atom is 0.324 e. The Hall–Kier alpha value is -2.27. The van der Waals surface area contributed by atoms with Crippen LogP contribution in [0.25, 0.3) is 0 Å². The summed E-state index contributed by atoms with van der Waals surface area (Å²) in [5.41, 5.74) is -2.15. The Morgan fingerprint density at radius 3 is 2.03 bits per heavy atom. The molecule has 2 aliphatic rings. The number of Topliss-reactive ketones (excluding diaryl/α,β-unsaturated/α-hetero) is 2. The lowest BCUT2D eigenvalue weighted by Crippen LogP contribution is -2.52. The zero-order valence-corrected chi connectivity index (χ0v) is 21.0. The molecular weight excluding hydrogens is 426 g/mol.